The summed E-state index contributed by atoms with van der Waals surface area (Å²) in [5, 5.41) is 49.3. The Morgan fingerprint density at radius 1 is 1.04 bits per heavy atom. The first-order chi connectivity index (χ1) is 23.3. The number of rotatable bonds is 7. The number of hydrogen-bond donors (Lipinski definition) is 5. The lowest BCUT2D eigenvalue weighted by atomic mass is 9.46. The molecule has 50 heavy (non-hydrogen) atoms. The predicted molar refractivity (Wildman–Crippen MR) is 194 cm³/mol. The second-order valence-electron chi connectivity index (χ2n) is 17.7. The summed E-state index contributed by atoms with van der Waals surface area (Å²) in [6, 6.07) is 0. The normalized spacial score (nSPS) is 44.4. The molecule has 0 radical (unpaired) electrons. The number of ketones is 1. The fraction of sp³-hybridized carbons (Fsp3) is 0.854. The largest absolute Gasteiger partial charge is 0.481 e. The van der Waals surface area contributed by atoms with Crippen LogP contribution >= 0.6 is 0 Å². The number of carbonyl (C=O) groups excluding carboxylic acids is 1. The molecule has 0 aromatic carbocycles. The van der Waals surface area contributed by atoms with Crippen LogP contribution in [-0.2, 0) is 19.1 Å². The smallest absolute Gasteiger partial charge is 0.300 e. The Hall–Kier alpha value is -1.80. The van der Waals surface area contributed by atoms with Crippen molar-refractivity contribution in [2.75, 3.05) is 6.61 Å². The van der Waals surface area contributed by atoms with Crippen LogP contribution in [0.2, 0.25) is 0 Å². The number of carboxylic acid groups (broad SMARTS) is 1. The van der Waals surface area contributed by atoms with Gasteiger partial charge in [-0.1, -0.05) is 47.5 Å². The molecule has 4 unspecified atom stereocenters. The number of carbonyl (C=O) groups is 2. The van der Waals surface area contributed by atoms with Crippen molar-refractivity contribution >= 4 is 11.8 Å². The summed E-state index contributed by atoms with van der Waals surface area (Å²) in [4.78, 5) is 23.1. The van der Waals surface area contributed by atoms with Crippen molar-refractivity contribution in [3.63, 3.8) is 0 Å². The van der Waals surface area contributed by atoms with Crippen molar-refractivity contribution in [2.24, 2.45) is 57.2 Å². The van der Waals surface area contributed by atoms with Crippen molar-refractivity contribution in [1.82, 2.24) is 0 Å². The van der Waals surface area contributed by atoms with Crippen LogP contribution in [0, 0.1) is 70.0 Å². The lowest BCUT2D eigenvalue weighted by molar-refractivity contribution is -0.264. The number of Topliss-reactive ketones (excluding diaryl/α,β-unsaturated/α-hetero) is 1. The minimum atomic E-state index is -0.875. The van der Waals surface area contributed by atoms with Crippen LogP contribution in [0.5, 0.6) is 0 Å². The van der Waals surface area contributed by atoms with Gasteiger partial charge in [0.25, 0.3) is 5.97 Å². The van der Waals surface area contributed by atoms with Gasteiger partial charge in [0.1, 0.15) is 12.2 Å². The van der Waals surface area contributed by atoms with Crippen LogP contribution in [0.1, 0.15) is 120 Å². The van der Waals surface area contributed by atoms with Gasteiger partial charge in [0.2, 0.25) is 0 Å². The minimum Gasteiger partial charge on any atom is -0.481 e. The van der Waals surface area contributed by atoms with E-state index in [-0.39, 0.29) is 57.9 Å². The molecular weight excluding hydrogens is 636 g/mol. The zero-order valence-electron chi connectivity index (χ0n) is 32.1. The van der Waals surface area contributed by atoms with Gasteiger partial charge in [-0.05, 0) is 104 Å². The van der Waals surface area contributed by atoms with Crippen LogP contribution in [-0.4, -0.2) is 80.2 Å². The molecule has 0 aromatic heterocycles. The molecule has 1 saturated heterocycles. The number of ether oxygens (including phenoxy) is 2. The summed E-state index contributed by atoms with van der Waals surface area (Å²) in [6.45, 7) is 22.6. The van der Waals surface area contributed by atoms with E-state index in [1.165, 1.54) is 0 Å². The number of fused-ring (bicyclic) bond motifs is 2. The molecule has 9 heteroatoms. The van der Waals surface area contributed by atoms with Crippen LogP contribution in [0.15, 0.2) is 13.2 Å². The standard InChI is InChI=1S/C35H58O7.C2H4O2.C2H4.C2H2/c1-19(9-8-13-31(3,4)40)27-29(38)30(39)28-21-10-11-24-32(5,6)25(42-26-17-22(36)23(37)18-41-26)12-14-35(24)20(2)34(21,35)16-15-33(27,28)7;1-2(3)4;2*1-2/h19-29,36-38,40H,8-18H2,1-7H3;1H3,(H,3,4);1-2H2;1-2H/t19-,20+,21+,22-,23-,24?,25+,26+,27?,28?,29+,33-,34+,35?;;;/m1.../s1. The maximum Gasteiger partial charge on any atom is 0.300 e. The molecule has 0 bridgehead atoms. The molecular formula is C41H68O9. The van der Waals surface area contributed by atoms with Crippen molar-refractivity contribution in [3.05, 3.63) is 13.2 Å². The van der Waals surface area contributed by atoms with E-state index < -0.39 is 36.2 Å². The SMILES string of the molecule is C#C.C=C.CC(=O)O.C[C@H](CCCC(C)(C)O)C1[C@H](O)C(=O)C2[C@@H]3CCC4C(C)(C)[C@@H](O[C@H]5C[C@@H](O)[C@H](O)CO5)CCC45[C@@H](C)[C@@]35CC[C@]12C. The van der Waals surface area contributed by atoms with E-state index in [0.29, 0.717) is 24.2 Å². The van der Waals surface area contributed by atoms with E-state index in [2.05, 4.69) is 60.6 Å². The molecule has 6 aliphatic rings. The van der Waals surface area contributed by atoms with E-state index in [4.69, 9.17) is 19.4 Å². The molecule has 0 aromatic rings. The summed E-state index contributed by atoms with van der Waals surface area (Å²) < 4.78 is 12.3. The summed E-state index contributed by atoms with van der Waals surface area (Å²) in [7, 11) is 0. The van der Waals surface area contributed by atoms with Gasteiger partial charge in [0, 0.05) is 25.2 Å². The lowest BCUT2D eigenvalue weighted by Gasteiger charge is -2.59. The summed E-state index contributed by atoms with van der Waals surface area (Å²) in [5.74, 6) is 0.836. The first-order valence-corrected chi connectivity index (χ1v) is 18.9. The maximum atomic E-state index is 14.1. The average molecular weight is 705 g/mol. The van der Waals surface area contributed by atoms with Gasteiger partial charge >= 0.3 is 0 Å². The number of hydrogen-bond acceptors (Lipinski definition) is 8. The molecule has 2 spiro atoms. The number of terminal acetylenes is 1. The van der Waals surface area contributed by atoms with Gasteiger partial charge in [-0.2, -0.15) is 0 Å². The highest BCUT2D eigenvalue weighted by Crippen LogP contribution is 2.89. The Balaban J connectivity index is 0.000000778. The Morgan fingerprint density at radius 3 is 2.20 bits per heavy atom. The van der Waals surface area contributed by atoms with Gasteiger partial charge < -0.3 is 35.0 Å². The second-order valence-corrected chi connectivity index (χ2v) is 17.7. The highest BCUT2D eigenvalue weighted by atomic mass is 16.7. The van der Waals surface area contributed by atoms with Crippen molar-refractivity contribution in [2.45, 2.75) is 156 Å². The Bertz CT molecular complexity index is 1200. The second kappa shape index (κ2) is 15.7. The maximum absolute atomic E-state index is 14.1. The van der Waals surface area contributed by atoms with E-state index in [1.54, 1.807) is 0 Å². The summed E-state index contributed by atoms with van der Waals surface area (Å²) in [5.41, 5.74) is -0.545. The zero-order valence-corrected chi connectivity index (χ0v) is 32.1. The first-order valence-electron chi connectivity index (χ1n) is 18.9. The Labute approximate surface area is 301 Å². The van der Waals surface area contributed by atoms with Crippen LogP contribution < -0.4 is 0 Å². The highest BCUT2D eigenvalue weighted by Gasteiger charge is 2.85. The third-order valence-electron chi connectivity index (χ3n) is 14.5. The molecule has 9 nitrogen and oxygen atoms in total. The average Bonchev–Trinajstić information content (AvgIpc) is 3.48. The number of carboxylic acids is 1. The molecule has 1 heterocycles. The Kier molecular flexibility index (Phi) is 13.3. The van der Waals surface area contributed by atoms with Crippen LogP contribution in [0.3, 0.4) is 0 Å². The highest BCUT2D eigenvalue weighted by molar-refractivity contribution is 5.90. The van der Waals surface area contributed by atoms with Crippen molar-refractivity contribution < 1.29 is 44.6 Å². The van der Waals surface area contributed by atoms with Gasteiger partial charge in [-0.15, -0.1) is 26.0 Å². The van der Waals surface area contributed by atoms with E-state index >= 15 is 0 Å². The molecule has 286 valence electrons. The molecule has 5 aliphatic carbocycles. The van der Waals surface area contributed by atoms with E-state index in [1.807, 2.05) is 13.8 Å². The Morgan fingerprint density at radius 2 is 1.64 bits per heavy atom. The van der Waals surface area contributed by atoms with Gasteiger partial charge in [-0.25, -0.2) is 0 Å². The summed E-state index contributed by atoms with van der Waals surface area (Å²) in [6.07, 6.45) is 14.2. The van der Waals surface area contributed by atoms with Crippen molar-refractivity contribution in [3.8, 4) is 12.8 Å². The fourth-order valence-electron chi connectivity index (χ4n) is 12.7. The van der Waals surface area contributed by atoms with Crippen LogP contribution in [0.25, 0.3) is 0 Å². The minimum absolute atomic E-state index is 0.0122. The molecule has 5 N–H and O–H groups in total. The molecule has 1 aliphatic heterocycles. The number of aliphatic carboxylic acids is 1. The quantitative estimate of drug-likeness (QED) is 0.122. The van der Waals surface area contributed by atoms with E-state index in [9.17, 15) is 25.2 Å². The van der Waals surface area contributed by atoms with Gasteiger partial charge in [-0.3, -0.25) is 9.59 Å². The van der Waals surface area contributed by atoms with Gasteiger partial charge in [0.05, 0.1) is 24.4 Å². The first kappa shape index (κ1) is 42.6. The molecule has 5 saturated carbocycles. The number of aliphatic hydroxyl groups excluding tert-OH is 3. The third kappa shape index (κ3) is 7.11. The lowest BCUT2D eigenvalue weighted by Crippen LogP contribution is -2.56. The molecule has 14 atom stereocenters. The third-order valence-corrected chi connectivity index (χ3v) is 14.5. The topological polar surface area (TPSA) is 154 Å². The molecule has 6 rings (SSSR count). The van der Waals surface area contributed by atoms with Crippen LogP contribution in [0.4, 0.5) is 0 Å². The fourth-order valence-corrected chi connectivity index (χ4v) is 12.7. The predicted octanol–water partition coefficient (Wildman–Crippen LogP) is 6.00. The molecule has 0 amide bonds. The van der Waals surface area contributed by atoms with E-state index in [0.717, 1.165) is 64.7 Å². The number of aliphatic hydroxyl groups is 4. The van der Waals surface area contributed by atoms with Gasteiger partial charge in [0.15, 0.2) is 12.1 Å². The monoisotopic (exact) mass is 704 g/mol. The molecule has 6 fully saturated rings. The summed E-state index contributed by atoms with van der Waals surface area (Å²) >= 11 is 0. The zero-order chi connectivity index (χ0) is 38.2. The van der Waals surface area contributed by atoms with Crippen molar-refractivity contribution in [1.29, 1.82) is 0 Å².